The van der Waals surface area contributed by atoms with E-state index in [1.807, 2.05) is 0 Å². The Balaban J connectivity index is 2.03. The van der Waals surface area contributed by atoms with E-state index in [1.165, 1.54) is 27.4 Å². The van der Waals surface area contributed by atoms with Crippen LogP contribution in [0.25, 0.3) is 0 Å². The molecule has 2 rings (SSSR count). The lowest BCUT2D eigenvalue weighted by atomic mass is 10.2. The lowest BCUT2D eigenvalue weighted by molar-refractivity contribution is 0.522. The fourth-order valence-corrected chi connectivity index (χ4v) is 3.21. The topological polar surface area (TPSA) is 56.0 Å². The number of hydrogen-bond donors (Lipinski definition) is 1. The summed E-state index contributed by atoms with van der Waals surface area (Å²) in [6.45, 7) is 4.71. The largest absolute Gasteiger partial charge is 0.330 e. The molecule has 0 saturated heterocycles. The zero-order valence-electron chi connectivity index (χ0n) is 12.8. The van der Waals surface area contributed by atoms with Gasteiger partial charge in [-0.05, 0) is 32.4 Å². The zero-order valence-corrected chi connectivity index (χ0v) is 13.7. The number of rotatable bonds is 5. The number of aryl methyl sites for hydroxylation is 1. The average molecular weight is 307 g/mol. The summed E-state index contributed by atoms with van der Waals surface area (Å²) < 4.78 is 2.62. The summed E-state index contributed by atoms with van der Waals surface area (Å²) in [5.74, 6) is 0. The highest BCUT2D eigenvalue weighted by Crippen LogP contribution is 2.16. The Hall–Kier alpha value is -1.66. The van der Waals surface area contributed by atoms with Gasteiger partial charge in [0.25, 0.3) is 5.56 Å². The van der Waals surface area contributed by atoms with E-state index in [0.717, 1.165) is 11.0 Å². The van der Waals surface area contributed by atoms with Gasteiger partial charge in [-0.15, -0.1) is 11.3 Å². The smallest absolute Gasteiger partial charge is 0.308 e. The molecule has 0 aromatic carbocycles. The molecule has 2 heterocycles. The third kappa shape index (κ3) is 3.71. The van der Waals surface area contributed by atoms with Crippen molar-refractivity contribution in [2.45, 2.75) is 32.9 Å². The minimum absolute atomic E-state index is 0.267. The predicted molar refractivity (Wildman–Crippen MR) is 86.0 cm³/mol. The van der Waals surface area contributed by atoms with Crippen LogP contribution < -0.4 is 16.6 Å². The zero-order chi connectivity index (χ0) is 15.6. The highest BCUT2D eigenvalue weighted by atomic mass is 32.1. The van der Waals surface area contributed by atoms with E-state index in [0.29, 0.717) is 12.2 Å². The van der Waals surface area contributed by atoms with E-state index in [2.05, 4.69) is 31.3 Å². The molecule has 1 unspecified atom stereocenters. The molecule has 0 aliphatic rings. The molecule has 0 amide bonds. The molecule has 0 bridgehead atoms. The lowest BCUT2D eigenvalue weighted by Gasteiger charge is -2.15. The van der Waals surface area contributed by atoms with Crippen LogP contribution in [-0.4, -0.2) is 15.2 Å². The minimum Gasteiger partial charge on any atom is -0.308 e. The Morgan fingerprint density at radius 2 is 1.95 bits per heavy atom. The first kappa shape index (κ1) is 15.7. The van der Waals surface area contributed by atoms with Gasteiger partial charge >= 0.3 is 5.69 Å². The van der Waals surface area contributed by atoms with Crippen molar-refractivity contribution in [1.82, 2.24) is 14.5 Å². The van der Waals surface area contributed by atoms with E-state index in [-0.39, 0.29) is 17.3 Å². The van der Waals surface area contributed by atoms with Crippen molar-refractivity contribution in [3.8, 4) is 0 Å². The van der Waals surface area contributed by atoms with Crippen molar-refractivity contribution in [3.63, 3.8) is 0 Å². The molecule has 21 heavy (non-hydrogen) atoms. The van der Waals surface area contributed by atoms with Crippen LogP contribution in [0.4, 0.5) is 0 Å². The maximum Gasteiger partial charge on any atom is 0.330 e. The summed E-state index contributed by atoms with van der Waals surface area (Å²) in [6.07, 6.45) is 0.942. The second kappa shape index (κ2) is 6.41. The highest BCUT2D eigenvalue weighted by Gasteiger charge is 2.09. The Bertz CT molecular complexity index is 742. The second-order valence-corrected chi connectivity index (χ2v) is 6.75. The number of nitrogens with one attached hydrogen (secondary N) is 1. The van der Waals surface area contributed by atoms with Crippen LogP contribution in [0.3, 0.4) is 0 Å². The molecule has 6 heteroatoms. The summed E-state index contributed by atoms with van der Waals surface area (Å²) in [4.78, 5) is 26.2. The highest BCUT2D eigenvalue weighted by molar-refractivity contribution is 7.11. The van der Waals surface area contributed by atoms with Crippen LogP contribution >= 0.6 is 11.3 Å². The fourth-order valence-electron chi connectivity index (χ4n) is 2.20. The lowest BCUT2D eigenvalue weighted by Crippen LogP contribution is -2.40. The maximum absolute atomic E-state index is 11.8. The van der Waals surface area contributed by atoms with Crippen LogP contribution in [0, 0.1) is 6.92 Å². The first-order valence-electron chi connectivity index (χ1n) is 6.93. The fraction of sp³-hybridized carbons (Fsp3) is 0.467. The SMILES string of the molecule is Cc1ccc(CC(C)NCc2cc(=O)n(C)c(=O)n2C)s1. The number of nitrogens with zero attached hydrogens (tertiary/aromatic N) is 2. The molecule has 2 aromatic heterocycles. The van der Waals surface area contributed by atoms with Crippen LogP contribution in [0.1, 0.15) is 22.4 Å². The molecule has 5 nitrogen and oxygen atoms in total. The van der Waals surface area contributed by atoms with Crippen molar-refractivity contribution in [2.75, 3.05) is 0 Å². The molecule has 0 fully saturated rings. The Morgan fingerprint density at radius 1 is 1.24 bits per heavy atom. The third-order valence-electron chi connectivity index (χ3n) is 3.56. The molecular weight excluding hydrogens is 286 g/mol. The summed E-state index contributed by atoms with van der Waals surface area (Å²) in [6, 6.07) is 6.06. The molecule has 0 radical (unpaired) electrons. The maximum atomic E-state index is 11.8. The third-order valence-corrected chi connectivity index (χ3v) is 4.58. The van der Waals surface area contributed by atoms with Crippen LogP contribution in [0.2, 0.25) is 0 Å². The first-order chi connectivity index (χ1) is 9.88. The molecule has 2 aromatic rings. The van der Waals surface area contributed by atoms with E-state index >= 15 is 0 Å². The van der Waals surface area contributed by atoms with Crippen molar-refractivity contribution >= 4 is 11.3 Å². The summed E-state index contributed by atoms with van der Waals surface area (Å²) >= 11 is 1.80. The van der Waals surface area contributed by atoms with Gasteiger partial charge in [-0.1, -0.05) is 0 Å². The van der Waals surface area contributed by atoms with Gasteiger partial charge in [-0.3, -0.25) is 13.9 Å². The van der Waals surface area contributed by atoms with Gasteiger partial charge < -0.3 is 5.32 Å². The molecule has 114 valence electrons. The van der Waals surface area contributed by atoms with Gasteiger partial charge in [-0.25, -0.2) is 4.79 Å². The molecule has 0 spiro atoms. The van der Waals surface area contributed by atoms with Gasteiger partial charge in [-0.2, -0.15) is 0 Å². The van der Waals surface area contributed by atoms with Crippen LogP contribution in [0.5, 0.6) is 0 Å². The molecule has 1 atom stereocenters. The van der Waals surface area contributed by atoms with E-state index in [1.54, 1.807) is 18.4 Å². The predicted octanol–water partition coefficient (Wildman–Crippen LogP) is 1.17. The summed E-state index contributed by atoms with van der Waals surface area (Å²) in [5, 5.41) is 3.37. The van der Waals surface area contributed by atoms with E-state index in [9.17, 15) is 9.59 Å². The molecule has 0 aliphatic carbocycles. The van der Waals surface area contributed by atoms with Gasteiger partial charge in [0.1, 0.15) is 0 Å². The molecule has 0 aliphatic heterocycles. The van der Waals surface area contributed by atoms with Crippen LogP contribution in [0.15, 0.2) is 27.8 Å². The summed E-state index contributed by atoms with van der Waals surface area (Å²) in [5.41, 5.74) is 0.148. The molecular formula is C15H21N3O2S. The van der Waals surface area contributed by atoms with Gasteiger partial charge in [0.05, 0.1) is 0 Å². The Kier molecular flexibility index (Phi) is 4.80. The van der Waals surface area contributed by atoms with E-state index < -0.39 is 0 Å². The van der Waals surface area contributed by atoms with Crippen molar-refractivity contribution < 1.29 is 0 Å². The number of thiophene rings is 1. The first-order valence-corrected chi connectivity index (χ1v) is 7.74. The van der Waals surface area contributed by atoms with Gasteiger partial charge in [0.15, 0.2) is 0 Å². The molecule has 1 N–H and O–H groups in total. The van der Waals surface area contributed by atoms with Crippen molar-refractivity contribution in [3.05, 3.63) is 54.5 Å². The number of aromatic nitrogens is 2. The second-order valence-electron chi connectivity index (χ2n) is 5.37. The Morgan fingerprint density at radius 3 is 2.57 bits per heavy atom. The Labute approximate surface area is 127 Å². The normalized spacial score (nSPS) is 12.6. The average Bonchev–Trinajstić information content (AvgIpc) is 2.84. The van der Waals surface area contributed by atoms with Crippen LogP contribution in [-0.2, 0) is 27.1 Å². The minimum atomic E-state index is -0.291. The quantitative estimate of drug-likeness (QED) is 0.902. The van der Waals surface area contributed by atoms with Gasteiger partial charge in [0, 0.05) is 48.2 Å². The monoisotopic (exact) mass is 307 g/mol. The number of hydrogen-bond acceptors (Lipinski definition) is 4. The van der Waals surface area contributed by atoms with Gasteiger partial charge in [0.2, 0.25) is 0 Å². The van der Waals surface area contributed by atoms with Crippen molar-refractivity contribution in [1.29, 1.82) is 0 Å². The van der Waals surface area contributed by atoms with Crippen molar-refractivity contribution in [2.24, 2.45) is 14.1 Å². The molecule has 0 saturated carbocycles. The standard InChI is InChI=1S/C15H21N3O2S/c1-10(7-13-6-5-11(2)21-13)16-9-12-8-14(19)18(4)15(20)17(12)3/h5-6,8,10,16H,7,9H2,1-4H3. The summed E-state index contributed by atoms with van der Waals surface area (Å²) in [7, 11) is 3.18. The van der Waals surface area contributed by atoms with E-state index in [4.69, 9.17) is 0 Å².